The molecule has 158 valence electrons. The predicted octanol–water partition coefficient (Wildman–Crippen LogP) is 4.25. The van der Waals surface area contributed by atoms with E-state index in [4.69, 9.17) is 4.74 Å². The number of nitrogens with zero attached hydrogens (tertiary/aromatic N) is 3. The summed E-state index contributed by atoms with van der Waals surface area (Å²) in [5, 5.41) is 26.1. The number of nitriles is 1. The van der Waals surface area contributed by atoms with Crippen molar-refractivity contribution in [2.24, 2.45) is 5.41 Å². The zero-order valence-corrected chi connectivity index (χ0v) is 18.1. The Kier molecular flexibility index (Phi) is 4.07. The van der Waals surface area contributed by atoms with Crippen molar-refractivity contribution >= 4 is 17.3 Å². The smallest absolute Gasteiger partial charge is 0.349 e. The number of carbonyl (C=O) groups excluding carboxylic acids is 1. The van der Waals surface area contributed by atoms with E-state index in [1.165, 1.54) is 13.1 Å². The summed E-state index contributed by atoms with van der Waals surface area (Å²) in [4.78, 5) is 18.0. The quantitative estimate of drug-likeness (QED) is 0.593. The first-order chi connectivity index (χ1) is 14.7. The molecule has 1 fully saturated rings. The number of fused-ring (bicyclic) bond motifs is 5. The second kappa shape index (κ2) is 6.39. The lowest BCUT2D eigenvalue weighted by Gasteiger charge is -2.45. The molecule has 1 saturated carbocycles. The topological polar surface area (TPSA) is 98.1 Å². The summed E-state index contributed by atoms with van der Waals surface area (Å²) in [5.41, 5.74) is 5.19. The molecule has 7 heteroatoms. The molecule has 1 aromatic carbocycles. The van der Waals surface area contributed by atoms with E-state index in [2.05, 4.69) is 23.3 Å². The lowest BCUT2D eigenvalue weighted by molar-refractivity contribution is -0.123. The van der Waals surface area contributed by atoms with Crippen LogP contribution in [0.3, 0.4) is 0 Å². The minimum Gasteiger partial charge on any atom is -0.620 e. The molecule has 2 unspecified atom stereocenters. The summed E-state index contributed by atoms with van der Waals surface area (Å²) in [6.45, 7) is 6.53. The molecule has 1 aromatic heterocycles. The van der Waals surface area contributed by atoms with Crippen molar-refractivity contribution in [1.82, 2.24) is 9.63 Å². The van der Waals surface area contributed by atoms with Gasteiger partial charge in [-0.05, 0) is 38.3 Å². The molecule has 2 aromatic rings. The average Bonchev–Trinajstić information content (AvgIpc) is 3.48. The third-order valence-corrected chi connectivity index (χ3v) is 6.77. The molecule has 1 amide bonds. The molecule has 7 nitrogen and oxygen atoms in total. The molecular weight excluding hydrogens is 392 g/mol. The van der Waals surface area contributed by atoms with Crippen molar-refractivity contribution in [3.05, 3.63) is 63.1 Å². The van der Waals surface area contributed by atoms with Crippen LogP contribution in [0.2, 0.25) is 0 Å². The number of pyridine rings is 1. The summed E-state index contributed by atoms with van der Waals surface area (Å²) in [7, 11) is 1.33. The number of aryl methyl sites for hydroxylation is 1. The molecular formula is C24H24N4O3. The summed E-state index contributed by atoms with van der Waals surface area (Å²) < 4.78 is 5.02. The van der Waals surface area contributed by atoms with E-state index in [0.717, 1.165) is 29.7 Å². The van der Waals surface area contributed by atoms with Gasteiger partial charge in [0, 0.05) is 28.9 Å². The molecule has 5 rings (SSSR count). The Hall–Kier alpha value is -3.21. The van der Waals surface area contributed by atoms with Gasteiger partial charge in [0.2, 0.25) is 5.88 Å². The van der Waals surface area contributed by atoms with Gasteiger partial charge in [-0.15, -0.1) is 0 Å². The van der Waals surface area contributed by atoms with E-state index in [1.54, 1.807) is 18.3 Å². The normalized spacial score (nSPS) is 25.0. The average molecular weight is 416 g/mol. The number of likely N-dealkylation sites (N-methyl/N-ethyl adjacent to an activating group) is 1. The highest BCUT2D eigenvalue weighted by atomic mass is 16.6. The lowest BCUT2D eigenvalue weighted by Crippen LogP contribution is -2.51. The standard InChI is InChI=1S/C24H24N4O3/c1-13-11-26-22(31-12-24(3)7-8-24)20-19-16-6-5-15(10-25)9-17(16)28(4,30)23(29)18(19)14(2)27-21(13)20/h5-6,9,11,19,27H,7-8,12H2,1-4H3. The molecule has 0 bridgehead atoms. The number of anilines is 1. The van der Waals surface area contributed by atoms with Crippen LogP contribution in [0.5, 0.6) is 5.88 Å². The van der Waals surface area contributed by atoms with Crippen molar-refractivity contribution in [2.75, 3.05) is 19.0 Å². The highest BCUT2D eigenvalue weighted by Gasteiger charge is 2.49. The molecule has 0 saturated heterocycles. The van der Waals surface area contributed by atoms with Gasteiger partial charge in [0.15, 0.2) is 0 Å². The van der Waals surface area contributed by atoms with Crippen molar-refractivity contribution in [3.63, 3.8) is 0 Å². The van der Waals surface area contributed by atoms with Gasteiger partial charge < -0.3 is 15.3 Å². The first-order valence-corrected chi connectivity index (χ1v) is 10.4. The minimum absolute atomic E-state index is 0.169. The Bertz CT molecular complexity index is 1220. The van der Waals surface area contributed by atoms with Crippen molar-refractivity contribution < 1.29 is 9.53 Å². The van der Waals surface area contributed by atoms with Crippen LogP contribution >= 0.6 is 0 Å². The molecule has 1 N–H and O–H groups in total. The molecule has 3 heterocycles. The van der Waals surface area contributed by atoms with Crippen LogP contribution in [0, 0.1) is 28.9 Å². The van der Waals surface area contributed by atoms with Crippen LogP contribution in [-0.4, -0.2) is 24.5 Å². The Balaban J connectivity index is 1.75. The van der Waals surface area contributed by atoms with Crippen molar-refractivity contribution in [3.8, 4) is 11.9 Å². The number of hydroxylamine groups is 2. The van der Waals surface area contributed by atoms with Crippen LogP contribution in [0.25, 0.3) is 0 Å². The minimum atomic E-state index is -1.18. The Labute approximate surface area is 181 Å². The number of amides is 1. The number of allylic oxidation sites excluding steroid dienone is 1. The number of rotatable bonds is 3. The molecule has 0 radical (unpaired) electrons. The molecule has 2 aliphatic heterocycles. The van der Waals surface area contributed by atoms with E-state index in [-0.39, 0.29) is 5.41 Å². The van der Waals surface area contributed by atoms with Gasteiger partial charge in [-0.25, -0.2) is 9.78 Å². The van der Waals surface area contributed by atoms with Crippen LogP contribution < -0.4 is 14.7 Å². The number of nitrogens with one attached hydrogen (secondary N) is 1. The number of quaternary nitrogens is 1. The highest BCUT2D eigenvalue weighted by Crippen LogP contribution is 2.54. The van der Waals surface area contributed by atoms with Crippen molar-refractivity contribution in [1.29, 1.82) is 5.26 Å². The van der Waals surface area contributed by atoms with Gasteiger partial charge in [-0.2, -0.15) is 5.26 Å². The first kappa shape index (κ1) is 19.7. The molecule has 2 atom stereocenters. The molecule has 31 heavy (non-hydrogen) atoms. The third kappa shape index (κ3) is 2.87. The first-order valence-electron chi connectivity index (χ1n) is 10.4. The van der Waals surface area contributed by atoms with E-state index < -0.39 is 16.5 Å². The number of benzene rings is 1. The lowest BCUT2D eigenvalue weighted by atomic mass is 9.76. The van der Waals surface area contributed by atoms with Gasteiger partial charge in [-0.3, -0.25) is 4.65 Å². The van der Waals surface area contributed by atoms with Gasteiger partial charge >= 0.3 is 5.91 Å². The van der Waals surface area contributed by atoms with Crippen LogP contribution in [0.15, 0.2) is 35.7 Å². The molecule has 0 spiro atoms. The summed E-state index contributed by atoms with van der Waals surface area (Å²) >= 11 is 0. The largest absolute Gasteiger partial charge is 0.620 e. The summed E-state index contributed by atoms with van der Waals surface area (Å²) in [6.07, 6.45) is 4.02. The molecule has 3 aliphatic rings. The molecule has 1 aliphatic carbocycles. The number of ether oxygens (including phenoxy) is 1. The Morgan fingerprint density at radius 3 is 2.81 bits per heavy atom. The summed E-state index contributed by atoms with van der Waals surface area (Å²) in [6, 6.07) is 7.08. The second-order valence-electron chi connectivity index (χ2n) is 9.35. The summed E-state index contributed by atoms with van der Waals surface area (Å²) in [5.74, 6) is -0.521. The number of hydrogen-bond donors (Lipinski definition) is 1. The Morgan fingerprint density at radius 1 is 1.39 bits per heavy atom. The van der Waals surface area contributed by atoms with Crippen LogP contribution in [0.4, 0.5) is 11.4 Å². The van der Waals surface area contributed by atoms with Crippen LogP contribution in [-0.2, 0) is 4.79 Å². The second-order valence-corrected chi connectivity index (χ2v) is 9.35. The predicted molar refractivity (Wildman–Crippen MR) is 117 cm³/mol. The maximum atomic E-state index is 13.4. The van der Waals surface area contributed by atoms with Gasteiger partial charge in [0.25, 0.3) is 0 Å². The van der Waals surface area contributed by atoms with E-state index in [0.29, 0.717) is 40.6 Å². The highest BCUT2D eigenvalue weighted by molar-refractivity contribution is 6.09. The van der Waals surface area contributed by atoms with Gasteiger partial charge in [-0.1, -0.05) is 13.0 Å². The number of carbonyl (C=O) groups is 1. The monoisotopic (exact) mass is 416 g/mol. The van der Waals surface area contributed by atoms with E-state index in [1.807, 2.05) is 13.8 Å². The fourth-order valence-corrected chi connectivity index (χ4v) is 4.53. The Morgan fingerprint density at radius 2 is 2.13 bits per heavy atom. The fraction of sp³-hybridized carbons (Fsp3) is 0.375. The zero-order chi connectivity index (χ0) is 22.1. The number of hydrogen-bond acceptors (Lipinski definition) is 6. The van der Waals surface area contributed by atoms with Crippen LogP contribution in [0.1, 0.15) is 54.9 Å². The van der Waals surface area contributed by atoms with Gasteiger partial charge in [0.1, 0.15) is 5.69 Å². The van der Waals surface area contributed by atoms with Crippen molar-refractivity contribution in [2.45, 2.75) is 39.5 Å². The number of aromatic nitrogens is 1. The van der Waals surface area contributed by atoms with E-state index >= 15 is 0 Å². The third-order valence-electron chi connectivity index (χ3n) is 6.77. The SMILES string of the molecule is CC1=C2C(=O)[N+](C)([O-])c3cc(C#N)ccc3C2c2c(OCC3(C)CC3)ncc(C)c2N1. The maximum Gasteiger partial charge on any atom is 0.349 e. The maximum absolute atomic E-state index is 13.4. The van der Waals surface area contributed by atoms with Gasteiger partial charge in [0.05, 0.1) is 48.0 Å². The zero-order valence-electron chi connectivity index (χ0n) is 18.1. The fourth-order valence-electron chi connectivity index (χ4n) is 4.53. The van der Waals surface area contributed by atoms with E-state index in [9.17, 15) is 15.3 Å².